The minimum Gasteiger partial charge on any atom is -0.497 e. The molecule has 0 aliphatic heterocycles. The summed E-state index contributed by atoms with van der Waals surface area (Å²) in [6.45, 7) is 1.73. The van der Waals surface area contributed by atoms with Crippen LogP contribution in [0.15, 0.2) is 52.1 Å². The summed E-state index contributed by atoms with van der Waals surface area (Å²) in [5.41, 5.74) is 1.65. The van der Waals surface area contributed by atoms with Crippen LogP contribution >= 0.6 is 11.8 Å². The average molecular weight is 410 g/mol. The van der Waals surface area contributed by atoms with Crippen molar-refractivity contribution in [1.29, 1.82) is 5.26 Å². The van der Waals surface area contributed by atoms with Gasteiger partial charge in [-0.05, 0) is 37.3 Å². The quantitative estimate of drug-likeness (QED) is 0.587. The highest BCUT2D eigenvalue weighted by Crippen LogP contribution is 2.34. The van der Waals surface area contributed by atoms with Gasteiger partial charge in [-0.2, -0.15) is 5.26 Å². The minimum atomic E-state index is -0.494. The fraction of sp³-hybridized carbons (Fsp3) is 0.200. The first-order valence-electron chi connectivity index (χ1n) is 8.57. The van der Waals surface area contributed by atoms with Gasteiger partial charge in [-0.15, -0.1) is 10.2 Å². The van der Waals surface area contributed by atoms with Gasteiger partial charge in [0.15, 0.2) is 0 Å². The normalized spacial score (nSPS) is 11.4. The number of rotatable bonds is 7. The van der Waals surface area contributed by atoms with Crippen molar-refractivity contribution < 1.29 is 18.7 Å². The van der Waals surface area contributed by atoms with Crippen LogP contribution in [0, 0.1) is 11.3 Å². The van der Waals surface area contributed by atoms with Crippen molar-refractivity contribution in [2.45, 2.75) is 17.4 Å². The maximum absolute atomic E-state index is 12.4. The number of nitriles is 1. The van der Waals surface area contributed by atoms with Crippen LogP contribution in [-0.4, -0.2) is 35.6 Å². The van der Waals surface area contributed by atoms with Crippen molar-refractivity contribution in [1.82, 2.24) is 10.2 Å². The predicted molar refractivity (Wildman–Crippen MR) is 108 cm³/mol. The summed E-state index contributed by atoms with van der Waals surface area (Å²) < 4.78 is 16.2. The average Bonchev–Trinajstić information content (AvgIpc) is 3.21. The Hall–Kier alpha value is -3.51. The van der Waals surface area contributed by atoms with Crippen molar-refractivity contribution in [3.63, 3.8) is 0 Å². The SMILES string of the molecule is COc1ccc(-c2nnc(SC(C)C(=O)Nc3cccc(C#N)c3)o2)c(OC)c1. The number of aromatic nitrogens is 2. The van der Waals surface area contributed by atoms with Gasteiger partial charge in [0.2, 0.25) is 5.91 Å². The number of hydrogen-bond donors (Lipinski definition) is 1. The number of ether oxygens (including phenoxy) is 2. The van der Waals surface area contributed by atoms with Crippen LogP contribution in [0.25, 0.3) is 11.5 Å². The van der Waals surface area contributed by atoms with Crippen molar-refractivity contribution in [2.75, 3.05) is 19.5 Å². The molecule has 0 fully saturated rings. The Morgan fingerprint density at radius 3 is 2.76 bits per heavy atom. The van der Waals surface area contributed by atoms with Gasteiger partial charge in [0.1, 0.15) is 11.5 Å². The van der Waals surface area contributed by atoms with Gasteiger partial charge in [0.25, 0.3) is 11.1 Å². The highest BCUT2D eigenvalue weighted by atomic mass is 32.2. The lowest BCUT2D eigenvalue weighted by Crippen LogP contribution is -2.22. The lowest BCUT2D eigenvalue weighted by atomic mass is 10.2. The standard InChI is InChI=1S/C20H18N4O4S/c1-12(18(25)22-14-6-4-5-13(9-14)11-21)29-20-24-23-19(28-20)16-8-7-15(26-2)10-17(16)27-3/h4-10,12H,1-3H3,(H,22,25). The number of nitrogens with one attached hydrogen (secondary N) is 1. The molecular formula is C20H18N4O4S. The molecule has 2 aromatic carbocycles. The highest BCUT2D eigenvalue weighted by molar-refractivity contribution is 8.00. The molecule has 1 amide bonds. The molecule has 0 bridgehead atoms. The molecule has 0 saturated carbocycles. The van der Waals surface area contributed by atoms with Crippen LogP contribution in [0.3, 0.4) is 0 Å². The molecule has 148 valence electrons. The van der Waals surface area contributed by atoms with E-state index in [1.165, 1.54) is 7.11 Å². The summed E-state index contributed by atoms with van der Waals surface area (Å²) in [7, 11) is 3.11. The largest absolute Gasteiger partial charge is 0.497 e. The van der Waals surface area contributed by atoms with E-state index < -0.39 is 5.25 Å². The van der Waals surface area contributed by atoms with Crippen LogP contribution in [0.4, 0.5) is 5.69 Å². The van der Waals surface area contributed by atoms with Gasteiger partial charge < -0.3 is 19.2 Å². The first kappa shape index (κ1) is 20.2. The molecule has 0 aliphatic carbocycles. The third-order valence-corrected chi connectivity index (χ3v) is 4.89. The second-order valence-electron chi connectivity index (χ2n) is 5.88. The number of methoxy groups -OCH3 is 2. The van der Waals surface area contributed by atoms with E-state index in [2.05, 4.69) is 15.5 Å². The first-order chi connectivity index (χ1) is 14.0. The Kier molecular flexibility index (Phi) is 6.36. The second kappa shape index (κ2) is 9.12. The van der Waals surface area contributed by atoms with Crippen LogP contribution in [0.5, 0.6) is 11.5 Å². The zero-order valence-electron chi connectivity index (χ0n) is 16.0. The van der Waals surface area contributed by atoms with Gasteiger partial charge >= 0.3 is 0 Å². The lowest BCUT2D eigenvalue weighted by molar-refractivity contribution is -0.115. The fourth-order valence-electron chi connectivity index (χ4n) is 2.46. The molecule has 29 heavy (non-hydrogen) atoms. The summed E-state index contributed by atoms with van der Waals surface area (Å²) in [6.07, 6.45) is 0. The van der Waals surface area contributed by atoms with Gasteiger partial charge in [0.05, 0.1) is 36.7 Å². The maximum atomic E-state index is 12.4. The molecule has 0 spiro atoms. The molecule has 0 aliphatic rings. The van der Waals surface area contributed by atoms with Crippen molar-refractivity contribution >= 4 is 23.4 Å². The van der Waals surface area contributed by atoms with Gasteiger partial charge in [-0.3, -0.25) is 4.79 Å². The molecule has 8 nitrogen and oxygen atoms in total. The number of anilines is 1. The third-order valence-electron chi connectivity index (χ3n) is 3.95. The number of nitrogens with zero attached hydrogens (tertiary/aromatic N) is 3. The van der Waals surface area contributed by atoms with Gasteiger partial charge in [-0.1, -0.05) is 17.8 Å². The van der Waals surface area contributed by atoms with Crippen LogP contribution in [0.1, 0.15) is 12.5 Å². The Bertz CT molecular complexity index is 1060. The molecule has 9 heteroatoms. The van der Waals surface area contributed by atoms with Crippen molar-refractivity contribution in [3.05, 3.63) is 48.0 Å². The van der Waals surface area contributed by atoms with E-state index in [4.69, 9.17) is 19.2 Å². The second-order valence-corrected chi connectivity index (χ2v) is 7.17. The van der Waals surface area contributed by atoms with Gasteiger partial charge in [-0.25, -0.2) is 0 Å². The zero-order chi connectivity index (χ0) is 20.8. The Morgan fingerprint density at radius 1 is 1.21 bits per heavy atom. The third kappa shape index (κ3) is 4.86. The number of amides is 1. The summed E-state index contributed by atoms with van der Waals surface area (Å²) >= 11 is 1.13. The molecule has 1 N–H and O–H groups in total. The zero-order valence-corrected chi connectivity index (χ0v) is 16.8. The molecule has 3 rings (SSSR count). The molecular weight excluding hydrogens is 392 g/mol. The summed E-state index contributed by atoms with van der Waals surface area (Å²) in [6, 6.07) is 14.0. The molecule has 1 heterocycles. The number of hydrogen-bond acceptors (Lipinski definition) is 8. The number of carbonyl (C=O) groups excluding carboxylic acids is 1. The molecule has 3 aromatic rings. The summed E-state index contributed by atoms with van der Waals surface area (Å²) in [4.78, 5) is 12.4. The molecule has 0 radical (unpaired) electrons. The van der Waals surface area contributed by atoms with E-state index in [0.717, 1.165) is 11.8 Å². The number of thioether (sulfide) groups is 1. The van der Waals surface area contributed by atoms with E-state index in [-0.39, 0.29) is 17.0 Å². The number of benzene rings is 2. The first-order valence-corrected chi connectivity index (χ1v) is 9.45. The fourth-order valence-corrected chi connectivity index (χ4v) is 3.14. The Labute approximate surface area is 171 Å². The molecule has 0 saturated heterocycles. The van der Waals surface area contributed by atoms with Crippen LogP contribution in [-0.2, 0) is 4.79 Å². The Morgan fingerprint density at radius 2 is 2.03 bits per heavy atom. The van der Waals surface area contributed by atoms with E-state index >= 15 is 0 Å². The van der Waals surface area contributed by atoms with Crippen LogP contribution < -0.4 is 14.8 Å². The molecule has 1 atom stereocenters. The Balaban J connectivity index is 1.69. The summed E-state index contributed by atoms with van der Waals surface area (Å²) in [5, 5.41) is 19.5. The highest BCUT2D eigenvalue weighted by Gasteiger charge is 2.20. The molecule has 1 unspecified atom stereocenters. The topological polar surface area (TPSA) is 110 Å². The minimum absolute atomic E-state index is 0.244. The van der Waals surface area contributed by atoms with E-state index in [1.807, 2.05) is 6.07 Å². The van der Waals surface area contributed by atoms with Crippen LogP contribution in [0.2, 0.25) is 0 Å². The van der Waals surface area contributed by atoms with E-state index in [9.17, 15) is 4.79 Å². The smallest absolute Gasteiger partial charge is 0.277 e. The van der Waals surface area contributed by atoms with E-state index in [1.54, 1.807) is 56.5 Å². The monoisotopic (exact) mass is 410 g/mol. The van der Waals surface area contributed by atoms with Crippen molar-refractivity contribution in [3.8, 4) is 29.0 Å². The number of carbonyl (C=O) groups is 1. The predicted octanol–water partition coefficient (Wildman–Crippen LogP) is 3.74. The maximum Gasteiger partial charge on any atom is 0.277 e. The molecule has 1 aromatic heterocycles. The van der Waals surface area contributed by atoms with Gasteiger partial charge in [0, 0.05) is 11.8 Å². The lowest BCUT2D eigenvalue weighted by Gasteiger charge is -2.10. The van der Waals surface area contributed by atoms with Crippen molar-refractivity contribution in [2.24, 2.45) is 0 Å². The summed E-state index contributed by atoms with van der Waals surface area (Å²) in [5.74, 6) is 1.21. The van der Waals surface area contributed by atoms with E-state index in [0.29, 0.717) is 28.3 Å².